The lowest BCUT2D eigenvalue weighted by molar-refractivity contribution is -0.123. The van der Waals surface area contributed by atoms with Crippen LogP contribution in [0.5, 0.6) is 0 Å². The van der Waals surface area contributed by atoms with Crippen LogP contribution in [-0.2, 0) is 11.2 Å². The summed E-state index contributed by atoms with van der Waals surface area (Å²) in [6.45, 7) is 3.74. The maximum absolute atomic E-state index is 13.0. The molecule has 2 unspecified atom stereocenters. The molecular weight excluding hydrogens is 269 g/mol. The van der Waals surface area contributed by atoms with Gasteiger partial charge in [0.15, 0.2) is 0 Å². The average Bonchev–Trinajstić information content (AvgIpc) is 2.42. The van der Waals surface area contributed by atoms with Gasteiger partial charge < -0.3 is 11.1 Å². The first-order chi connectivity index (χ1) is 9.93. The second-order valence-corrected chi connectivity index (χ2v) is 5.34. The summed E-state index contributed by atoms with van der Waals surface area (Å²) < 4.78 is 13.0. The Balaban J connectivity index is 2.47. The summed E-state index contributed by atoms with van der Waals surface area (Å²) in [6, 6.07) is 6.00. The number of benzene rings is 1. The van der Waals surface area contributed by atoms with Crippen molar-refractivity contribution in [2.75, 3.05) is 0 Å². The van der Waals surface area contributed by atoms with Gasteiger partial charge in [-0.15, -0.1) is 0 Å². The predicted molar refractivity (Wildman–Crippen MR) is 79.9 cm³/mol. The number of nitriles is 1. The molecule has 0 aliphatic heterocycles. The van der Waals surface area contributed by atoms with Gasteiger partial charge in [0.05, 0.1) is 12.1 Å². The Morgan fingerprint density at radius 2 is 2.24 bits per heavy atom. The number of unbranched alkanes of at least 4 members (excludes halogenated alkanes) is 1. The fraction of sp³-hybridized carbons (Fsp3) is 0.500. The van der Waals surface area contributed by atoms with Crippen molar-refractivity contribution >= 4 is 5.91 Å². The quantitative estimate of drug-likeness (QED) is 0.756. The van der Waals surface area contributed by atoms with Gasteiger partial charge in [-0.05, 0) is 56.4 Å². The molecule has 4 nitrogen and oxygen atoms in total. The first-order valence-corrected chi connectivity index (χ1v) is 7.12. The highest BCUT2D eigenvalue weighted by molar-refractivity contribution is 5.81. The van der Waals surface area contributed by atoms with E-state index in [1.807, 2.05) is 19.9 Å². The smallest absolute Gasteiger partial charge is 0.237 e. The van der Waals surface area contributed by atoms with Crippen molar-refractivity contribution in [1.82, 2.24) is 5.32 Å². The van der Waals surface area contributed by atoms with E-state index in [4.69, 9.17) is 11.0 Å². The SMILES string of the molecule is Cc1cc(F)ccc1CC(C)NC(=O)C(N)CCCC#N. The number of carbonyl (C=O) groups excluding carboxylic acids is 1. The van der Waals surface area contributed by atoms with E-state index in [1.165, 1.54) is 12.1 Å². The van der Waals surface area contributed by atoms with Gasteiger partial charge in [0.2, 0.25) is 5.91 Å². The van der Waals surface area contributed by atoms with Crippen LogP contribution < -0.4 is 11.1 Å². The zero-order chi connectivity index (χ0) is 15.8. The lowest BCUT2D eigenvalue weighted by atomic mass is 10.0. The van der Waals surface area contributed by atoms with E-state index in [2.05, 4.69) is 5.32 Å². The Morgan fingerprint density at radius 1 is 1.52 bits per heavy atom. The van der Waals surface area contributed by atoms with E-state index in [9.17, 15) is 9.18 Å². The van der Waals surface area contributed by atoms with Crippen molar-refractivity contribution in [2.24, 2.45) is 5.73 Å². The summed E-state index contributed by atoms with van der Waals surface area (Å²) in [5.74, 6) is -0.465. The topological polar surface area (TPSA) is 78.9 Å². The molecule has 0 radical (unpaired) electrons. The number of hydrogen-bond acceptors (Lipinski definition) is 3. The van der Waals surface area contributed by atoms with Crippen LogP contribution in [-0.4, -0.2) is 18.0 Å². The zero-order valence-electron chi connectivity index (χ0n) is 12.5. The minimum atomic E-state index is -0.588. The molecule has 2 atom stereocenters. The molecule has 1 aromatic carbocycles. The summed E-state index contributed by atoms with van der Waals surface area (Å²) in [7, 11) is 0. The third-order valence-corrected chi connectivity index (χ3v) is 3.36. The van der Waals surface area contributed by atoms with E-state index in [0.29, 0.717) is 25.7 Å². The molecule has 1 aromatic rings. The van der Waals surface area contributed by atoms with Crippen molar-refractivity contribution < 1.29 is 9.18 Å². The molecule has 3 N–H and O–H groups in total. The van der Waals surface area contributed by atoms with Gasteiger partial charge in [-0.2, -0.15) is 5.26 Å². The number of halogens is 1. The van der Waals surface area contributed by atoms with Crippen molar-refractivity contribution in [3.8, 4) is 6.07 Å². The summed E-state index contributed by atoms with van der Waals surface area (Å²) in [6.07, 6.45) is 2.16. The van der Waals surface area contributed by atoms with Gasteiger partial charge in [0.25, 0.3) is 0 Å². The molecule has 0 bridgehead atoms. The van der Waals surface area contributed by atoms with E-state index < -0.39 is 6.04 Å². The Morgan fingerprint density at radius 3 is 2.86 bits per heavy atom. The average molecular weight is 291 g/mol. The van der Waals surface area contributed by atoms with E-state index >= 15 is 0 Å². The van der Waals surface area contributed by atoms with Gasteiger partial charge in [-0.3, -0.25) is 4.79 Å². The van der Waals surface area contributed by atoms with Gasteiger partial charge in [0, 0.05) is 12.5 Å². The second-order valence-electron chi connectivity index (χ2n) is 5.34. The lowest BCUT2D eigenvalue weighted by Gasteiger charge is -2.18. The van der Waals surface area contributed by atoms with Crippen LogP contribution in [0.1, 0.15) is 37.3 Å². The van der Waals surface area contributed by atoms with E-state index in [0.717, 1.165) is 11.1 Å². The molecule has 0 saturated carbocycles. The van der Waals surface area contributed by atoms with Gasteiger partial charge in [0.1, 0.15) is 5.82 Å². The van der Waals surface area contributed by atoms with Crippen LogP contribution >= 0.6 is 0 Å². The zero-order valence-corrected chi connectivity index (χ0v) is 12.5. The Hall–Kier alpha value is -1.93. The highest BCUT2D eigenvalue weighted by Gasteiger charge is 2.16. The first kappa shape index (κ1) is 17.1. The van der Waals surface area contributed by atoms with Crippen molar-refractivity contribution in [2.45, 2.75) is 51.6 Å². The highest BCUT2D eigenvalue weighted by atomic mass is 19.1. The molecule has 114 valence electrons. The summed E-state index contributed by atoms with van der Waals surface area (Å²) in [4.78, 5) is 11.9. The van der Waals surface area contributed by atoms with Crippen LogP contribution in [0.3, 0.4) is 0 Å². The minimum absolute atomic E-state index is 0.0799. The standard InChI is InChI=1S/C16H22FN3O/c1-11-9-14(17)7-6-13(11)10-12(2)20-16(21)15(19)5-3-4-8-18/h6-7,9,12,15H,3-5,10,19H2,1-2H3,(H,20,21). The minimum Gasteiger partial charge on any atom is -0.352 e. The molecule has 0 spiro atoms. The summed E-state index contributed by atoms with van der Waals surface area (Å²) in [5.41, 5.74) is 7.65. The third kappa shape index (κ3) is 5.92. The largest absolute Gasteiger partial charge is 0.352 e. The normalized spacial score (nSPS) is 13.3. The molecule has 0 fully saturated rings. The van der Waals surface area contributed by atoms with Crippen molar-refractivity contribution in [3.63, 3.8) is 0 Å². The third-order valence-electron chi connectivity index (χ3n) is 3.36. The van der Waals surface area contributed by atoms with Crippen LogP contribution in [0.25, 0.3) is 0 Å². The van der Waals surface area contributed by atoms with Crippen LogP contribution in [0.15, 0.2) is 18.2 Å². The molecule has 0 saturated heterocycles. The fourth-order valence-corrected chi connectivity index (χ4v) is 2.15. The molecule has 0 aliphatic rings. The van der Waals surface area contributed by atoms with Crippen LogP contribution in [0.2, 0.25) is 0 Å². The van der Waals surface area contributed by atoms with Gasteiger partial charge in [-0.25, -0.2) is 4.39 Å². The highest BCUT2D eigenvalue weighted by Crippen LogP contribution is 2.12. The molecule has 21 heavy (non-hydrogen) atoms. The van der Waals surface area contributed by atoms with Gasteiger partial charge >= 0.3 is 0 Å². The number of nitrogens with zero attached hydrogens (tertiary/aromatic N) is 1. The Bertz CT molecular complexity index is 525. The number of aryl methyl sites for hydroxylation is 1. The van der Waals surface area contributed by atoms with Crippen molar-refractivity contribution in [3.05, 3.63) is 35.1 Å². The molecule has 0 aromatic heterocycles. The fourth-order valence-electron chi connectivity index (χ4n) is 2.15. The van der Waals surface area contributed by atoms with Gasteiger partial charge in [-0.1, -0.05) is 6.07 Å². The number of rotatable bonds is 7. The molecule has 1 amide bonds. The van der Waals surface area contributed by atoms with E-state index in [-0.39, 0.29) is 17.8 Å². The molecule has 0 heterocycles. The van der Waals surface area contributed by atoms with Crippen LogP contribution in [0.4, 0.5) is 4.39 Å². The number of carbonyl (C=O) groups is 1. The Labute approximate surface area is 125 Å². The summed E-state index contributed by atoms with van der Waals surface area (Å²) >= 11 is 0. The van der Waals surface area contributed by atoms with Crippen molar-refractivity contribution in [1.29, 1.82) is 5.26 Å². The molecule has 1 rings (SSSR count). The molecule has 0 aliphatic carbocycles. The number of nitrogens with two attached hydrogens (primary N) is 1. The number of amides is 1. The van der Waals surface area contributed by atoms with E-state index in [1.54, 1.807) is 6.07 Å². The maximum atomic E-state index is 13.0. The monoisotopic (exact) mass is 291 g/mol. The number of hydrogen-bond donors (Lipinski definition) is 2. The first-order valence-electron chi connectivity index (χ1n) is 7.12. The second kappa shape index (κ2) is 8.38. The molecular formula is C16H22FN3O. The number of nitrogens with one attached hydrogen (secondary N) is 1. The maximum Gasteiger partial charge on any atom is 0.237 e. The lowest BCUT2D eigenvalue weighted by Crippen LogP contribution is -2.45. The molecule has 5 heteroatoms. The van der Waals surface area contributed by atoms with Crippen LogP contribution in [0, 0.1) is 24.1 Å². The Kier molecular flexibility index (Phi) is 6.83. The predicted octanol–water partition coefficient (Wildman–Crippen LogP) is 2.20. The summed E-state index contributed by atoms with van der Waals surface area (Å²) in [5, 5.41) is 11.3.